The van der Waals surface area contributed by atoms with Crippen molar-refractivity contribution >= 4 is 29.9 Å². The van der Waals surface area contributed by atoms with E-state index in [1.54, 1.807) is 7.05 Å². The summed E-state index contributed by atoms with van der Waals surface area (Å²) in [6, 6.07) is 10.5. The van der Waals surface area contributed by atoms with Gasteiger partial charge in [0.2, 0.25) is 0 Å². The molecule has 29 heavy (non-hydrogen) atoms. The lowest BCUT2D eigenvalue weighted by Crippen LogP contribution is -2.38. The molecule has 1 aromatic carbocycles. The fourth-order valence-corrected chi connectivity index (χ4v) is 3.04. The number of benzene rings is 1. The van der Waals surface area contributed by atoms with Crippen LogP contribution in [0.5, 0.6) is 0 Å². The Balaban J connectivity index is 0.00000420. The normalized spacial score (nSPS) is 16.4. The van der Waals surface area contributed by atoms with Crippen LogP contribution in [0.15, 0.2) is 35.3 Å². The van der Waals surface area contributed by atoms with Crippen LogP contribution in [0, 0.1) is 5.92 Å². The van der Waals surface area contributed by atoms with E-state index in [0.29, 0.717) is 5.92 Å². The lowest BCUT2D eigenvalue weighted by molar-refractivity contribution is 0.0888. The molecule has 1 unspecified atom stereocenters. The largest absolute Gasteiger partial charge is 0.381 e. The summed E-state index contributed by atoms with van der Waals surface area (Å²) in [5, 5.41) is 6.68. The number of halogens is 1. The van der Waals surface area contributed by atoms with Gasteiger partial charge in [-0.3, -0.25) is 4.99 Å². The standard InChI is InChI=1S/C22H37N3O3.HI/c1-23-22(25-13-7-15-27-18-21-11-17-28-19-21)24-12-5-6-14-26-16-10-20-8-3-2-4-9-20;/h2-4,8-9,21H,5-7,10-19H2,1H3,(H2,23,24,25);1H. The molecule has 1 aliphatic rings. The smallest absolute Gasteiger partial charge is 0.190 e. The third-order valence-electron chi connectivity index (χ3n) is 4.74. The van der Waals surface area contributed by atoms with Crippen molar-refractivity contribution in [2.45, 2.75) is 32.1 Å². The highest BCUT2D eigenvalue weighted by molar-refractivity contribution is 14.0. The molecule has 1 heterocycles. The van der Waals surface area contributed by atoms with Gasteiger partial charge in [0.05, 0.1) is 19.8 Å². The van der Waals surface area contributed by atoms with Gasteiger partial charge in [-0.05, 0) is 37.7 Å². The summed E-state index contributed by atoms with van der Waals surface area (Å²) in [7, 11) is 1.80. The van der Waals surface area contributed by atoms with Crippen LogP contribution >= 0.6 is 24.0 Å². The molecular formula is C22H38IN3O3. The van der Waals surface area contributed by atoms with Crippen molar-refractivity contribution in [3.63, 3.8) is 0 Å². The average molecular weight is 519 g/mol. The van der Waals surface area contributed by atoms with Gasteiger partial charge < -0.3 is 24.8 Å². The summed E-state index contributed by atoms with van der Waals surface area (Å²) in [6.07, 6.45) is 5.21. The molecule has 0 radical (unpaired) electrons. The monoisotopic (exact) mass is 519 g/mol. The molecule has 0 aliphatic carbocycles. The van der Waals surface area contributed by atoms with Crippen molar-refractivity contribution in [3.8, 4) is 0 Å². The van der Waals surface area contributed by atoms with E-state index in [-0.39, 0.29) is 24.0 Å². The van der Waals surface area contributed by atoms with E-state index < -0.39 is 0 Å². The summed E-state index contributed by atoms with van der Waals surface area (Å²) in [4.78, 5) is 4.26. The van der Waals surface area contributed by atoms with E-state index in [0.717, 1.165) is 90.8 Å². The summed E-state index contributed by atoms with van der Waals surface area (Å²) in [6.45, 7) is 6.70. The predicted molar refractivity (Wildman–Crippen MR) is 129 cm³/mol. The van der Waals surface area contributed by atoms with E-state index in [4.69, 9.17) is 14.2 Å². The topological polar surface area (TPSA) is 64.1 Å². The molecule has 2 rings (SSSR count). The van der Waals surface area contributed by atoms with Crippen molar-refractivity contribution in [3.05, 3.63) is 35.9 Å². The average Bonchev–Trinajstić information content (AvgIpc) is 3.25. The Morgan fingerprint density at radius 3 is 2.52 bits per heavy atom. The first kappa shape index (κ1) is 26.1. The van der Waals surface area contributed by atoms with E-state index in [1.165, 1.54) is 5.56 Å². The zero-order valence-corrected chi connectivity index (χ0v) is 20.1. The van der Waals surface area contributed by atoms with Gasteiger partial charge in [-0.1, -0.05) is 30.3 Å². The Morgan fingerprint density at radius 1 is 1.03 bits per heavy atom. The van der Waals surface area contributed by atoms with Crippen LogP contribution in [-0.4, -0.2) is 65.7 Å². The highest BCUT2D eigenvalue weighted by Gasteiger charge is 2.15. The number of guanidine groups is 1. The molecule has 0 bridgehead atoms. The number of nitrogens with zero attached hydrogens (tertiary/aromatic N) is 1. The van der Waals surface area contributed by atoms with E-state index in [2.05, 4.69) is 39.9 Å². The van der Waals surface area contributed by atoms with Gasteiger partial charge in [-0.15, -0.1) is 24.0 Å². The number of hydrogen-bond donors (Lipinski definition) is 2. The minimum atomic E-state index is 0. The van der Waals surface area contributed by atoms with Crippen LogP contribution in [0.3, 0.4) is 0 Å². The Labute approximate surface area is 193 Å². The molecule has 1 saturated heterocycles. The van der Waals surface area contributed by atoms with E-state index in [1.807, 2.05) is 6.07 Å². The maximum absolute atomic E-state index is 5.71. The molecule has 6 nitrogen and oxygen atoms in total. The molecule has 1 aliphatic heterocycles. The molecule has 0 saturated carbocycles. The molecule has 2 N–H and O–H groups in total. The van der Waals surface area contributed by atoms with Gasteiger partial charge in [0.1, 0.15) is 0 Å². The number of hydrogen-bond acceptors (Lipinski definition) is 4. The number of rotatable bonds is 14. The first-order chi connectivity index (χ1) is 13.9. The Kier molecular flexibility index (Phi) is 16.1. The zero-order chi connectivity index (χ0) is 19.7. The predicted octanol–water partition coefficient (Wildman–Crippen LogP) is 3.25. The third kappa shape index (κ3) is 13.1. The molecule has 1 fully saturated rings. The molecule has 1 atom stereocenters. The van der Waals surface area contributed by atoms with Crippen molar-refractivity contribution in [2.24, 2.45) is 10.9 Å². The molecule has 0 spiro atoms. The first-order valence-corrected chi connectivity index (χ1v) is 10.6. The maximum atomic E-state index is 5.71. The fraction of sp³-hybridized carbons (Fsp3) is 0.682. The van der Waals surface area contributed by atoms with Crippen LogP contribution in [0.1, 0.15) is 31.2 Å². The van der Waals surface area contributed by atoms with Crippen molar-refractivity contribution < 1.29 is 14.2 Å². The van der Waals surface area contributed by atoms with Gasteiger partial charge in [-0.2, -0.15) is 0 Å². The summed E-state index contributed by atoms with van der Waals surface area (Å²) in [5.74, 6) is 1.44. The minimum Gasteiger partial charge on any atom is -0.381 e. The minimum absolute atomic E-state index is 0. The third-order valence-corrected chi connectivity index (χ3v) is 4.74. The molecule has 0 aromatic heterocycles. The van der Waals surface area contributed by atoms with Gasteiger partial charge in [0.15, 0.2) is 5.96 Å². The molecule has 7 heteroatoms. The van der Waals surface area contributed by atoms with E-state index in [9.17, 15) is 0 Å². The van der Waals surface area contributed by atoms with Crippen LogP contribution < -0.4 is 10.6 Å². The summed E-state index contributed by atoms with van der Waals surface area (Å²) >= 11 is 0. The van der Waals surface area contributed by atoms with Crippen LogP contribution in [0.25, 0.3) is 0 Å². The Hall–Kier alpha value is -0.900. The maximum Gasteiger partial charge on any atom is 0.190 e. The SMILES string of the molecule is CN=C(NCCCCOCCc1ccccc1)NCCCOCC1CCOC1.I. The van der Waals surface area contributed by atoms with Gasteiger partial charge in [0, 0.05) is 45.9 Å². The van der Waals surface area contributed by atoms with Crippen LogP contribution in [-0.2, 0) is 20.6 Å². The number of nitrogens with one attached hydrogen (secondary N) is 2. The van der Waals surface area contributed by atoms with Crippen molar-refractivity contribution in [1.82, 2.24) is 10.6 Å². The molecule has 0 amide bonds. The summed E-state index contributed by atoms with van der Waals surface area (Å²) < 4.78 is 16.8. The molecular weight excluding hydrogens is 481 g/mol. The van der Waals surface area contributed by atoms with Crippen LogP contribution in [0.2, 0.25) is 0 Å². The van der Waals surface area contributed by atoms with Gasteiger partial charge in [-0.25, -0.2) is 0 Å². The lowest BCUT2D eigenvalue weighted by Gasteiger charge is -2.12. The summed E-state index contributed by atoms with van der Waals surface area (Å²) in [5.41, 5.74) is 1.33. The number of unbranched alkanes of at least 4 members (excludes halogenated alkanes) is 1. The van der Waals surface area contributed by atoms with Crippen molar-refractivity contribution in [1.29, 1.82) is 0 Å². The van der Waals surface area contributed by atoms with E-state index >= 15 is 0 Å². The molecule has 1 aromatic rings. The van der Waals surface area contributed by atoms with Crippen molar-refractivity contribution in [2.75, 3.05) is 59.8 Å². The zero-order valence-electron chi connectivity index (χ0n) is 17.7. The fourth-order valence-electron chi connectivity index (χ4n) is 3.04. The number of aliphatic imine (C=N–C) groups is 1. The quantitative estimate of drug-likeness (QED) is 0.171. The lowest BCUT2D eigenvalue weighted by atomic mass is 10.1. The molecule has 166 valence electrons. The second-order valence-electron chi connectivity index (χ2n) is 7.14. The second kappa shape index (κ2) is 17.9. The Bertz CT molecular complexity index is 525. The van der Waals surface area contributed by atoms with Gasteiger partial charge in [0.25, 0.3) is 0 Å². The first-order valence-electron chi connectivity index (χ1n) is 10.6. The number of ether oxygens (including phenoxy) is 3. The Morgan fingerprint density at radius 2 is 1.79 bits per heavy atom. The second-order valence-corrected chi connectivity index (χ2v) is 7.14. The van der Waals surface area contributed by atoms with Gasteiger partial charge >= 0.3 is 0 Å². The highest BCUT2D eigenvalue weighted by atomic mass is 127. The highest BCUT2D eigenvalue weighted by Crippen LogP contribution is 2.12. The van der Waals surface area contributed by atoms with Crippen LogP contribution in [0.4, 0.5) is 0 Å².